The zero-order valence-electron chi connectivity index (χ0n) is 18.0. The Morgan fingerprint density at radius 1 is 0.897 bits per heavy atom. The second-order valence-corrected chi connectivity index (χ2v) is 9.24. The van der Waals surface area contributed by atoms with Crippen molar-refractivity contribution >= 4 is 0 Å². The molecular weight excluding hydrogens is 366 g/mol. The summed E-state index contributed by atoms with van der Waals surface area (Å²) in [6, 6.07) is 9.05. The van der Waals surface area contributed by atoms with Gasteiger partial charge >= 0.3 is 0 Å². The number of allylic oxidation sites excluding steroid dienone is 2. The lowest BCUT2D eigenvalue weighted by Gasteiger charge is -2.38. The normalized spacial score (nSPS) is 28.3. The van der Waals surface area contributed by atoms with Crippen LogP contribution in [0.3, 0.4) is 0 Å². The summed E-state index contributed by atoms with van der Waals surface area (Å²) < 4.78 is 29.5. The highest BCUT2D eigenvalue weighted by molar-refractivity contribution is 5.25. The van der Waals surface area contributed by atoms with Crippen molar-refractivity contribution in [3.8, 4) is 0 Å². The molecule has 3 heteroatoms. The molecule has 1 aromatic carbocycles. The van der Waals surface area contributed by atoms with Gasteiger partial charge in [0.05, 0.1) is 6.61 Å². The maximum atomic E-state index is 12.1. The molecule has 162 valence electrons. The van der Waals surface area contributed by atoms with Gasteiger partial charge in [-0.1, -0.05) is 49.3 Å². The molecular formula is C26H38F2O. The van der Waals surface area contributed by atoms with Gasteiger partial charge < -0.3 is 4.74 Å². The Morgan fingerprint density at radius 2 is 1.52 bits per heavy atom. The zero-order valence-corrected chi connectivity index (χ0v) is 18.0. The van der Waals surface area contributed by atoms with Crippen LogP contribution in [0.15, 0.2) is 36.4 Å². The molecule has 0 radical (unpaired) electrons. The highest BCUT2D eigenvalue weighted by Crippen LogP contribution is 2.44. The molecule has 1 aromatic rings. The van der Waals surface area contributed by atoms with E-state index >= 15 is 0 Å². The predicted molar refractivity (Wildman–Crippen MR) is 116 cm³/mol. The number of ether oxygens (including phenoxy) is 1. The van der Waals surface area contributed by atoms with E-state index in [4.69, 9.17) is 4.74 Å². The van der Waals surface area contributed by atoms with Crippen LogP contribution in [-0.2, 0) is 11.3 Å². The Kier molecular flexibility index (Phi) is 9.17. The lowest BCUT2D eigenvalue weighted by molar-refractivity contribution is 0.152. The molecule has 0 unspecified atom stereocenters. The first-order valence-electron chi connectivity index (χ1n) is 11.7. The maximum absolute atomic E-state index is 12.1. The fourth-order valence-electron chi connectivity index (χ4n) is 5.57. The lowest BCUT2D eigenvalue weighted by Crippen LogP contribution is -2.25. The fourth-order valence-corrected chi connectivity index (χ4v) is 5.57. The number of methoxy groups -OCH3 is 1. The Labute approximate surface area is 175 Å². The topological polar surface area (TPSA) is 9.23 Å². The van der Waals surface area contributed by atoms with E-state index in [1.165, 1.54) is 68.9 Å². The van der Waals surface area contributed by atoms with Crippen LogP contribution in [0.25, 0.3) is 0 Å². The quantitative estimate of drug-likeness (QED) is 0.380. The van der Waals surface area contributed by atoms with E-state index in [0.717, 1.165) is 30.1 Å². The summed E-state index contributed by atoms with van der Waals surface area (Å²) in [4.78, 5) is 0. The van der Waals surface area contributed by atoms with E-state index in [1.54, 1.807) is 13.2 Å². The smallest absolute Gasteiger partial charge is 0.242 e. The summed E-state index contributed by atoms with van der Waals surface area (Å²) in [5.74, 6) is 3.39. The van der Waals surface area contributed by atoms with E-state index in [2.05, 4.69) is 24.3 Å². The molecule has 2 fully saturated rings. The number of benzene rings is 1. The Morgan fingerprint density at radius 3 is 2.10 bits per heavy atom. The second-order valence-electron chi connectivity index (χ2n) is 9.24. The third kappa shape index (κ3) is 7.20. The Bertz CT molecular complexity index is 594. The highest BCUT2D eigenvalue weighted by Gasteiger charge is 2.31. The van der Waals surface area contributed by atoms with Gasteiger partial charge in [-0.25, -0.2) is 8.78 Å². The minimum Gasteiger partial charge on any atom is -0.380 e. The van der Waals surface area contributed by atoms with Crippen LogP contribution in [0.2, 0.25) is 0 Å². The van der Waals surface area contributed by atoms with E-state index in [0.29, 0.717) is 6.61 Å². The molecule has 29 heavy (non-hydrogen) atoms. The molecule has 2 aliphatic carbocycles. The SMILES string of the molecule is COCc1ccc(C2CCC(C3CCC(CC/C=C/CC(F)F)CC3)CC2)cc1. The van der Waals surface area contributed by atoms with Gasteiger partial charge in [-0.3, -0.25) is 0 Å². The van der Waals surface area contributed by atoms with Crippen molar-refractivity contribution in [3.05, 3.63) is 47.5 Å². The van der Waals surface area contributed by atoms with E-state index in [1.807, 2.05) is 6.08 Å². The zero-order chi connectivity index (χ0) is 20.5. The Balaban J connectivity index is 1.35. The van der Waals surface area contributed by atoms with Gasteiger partial charge in [0.15, 0.2) is 0 Å². The largest absolute Gasteiger partial charge is 0.380 e. The summed E-state index contributed by atoms with van der Waals surface area (Å²) in [5.41, 5.74) is 2.76. The molecule has 0 aromatic heterocycles. The van der Waals surface area contributed by atoms with E-state index < -0.39 is 6.43 Å². The van der Waals surface area contributed by atoms with Crippen LogP contribution in [0.1, 0.15) is 87.7 Å². The van der Waals surface area contributed by atoms with Gasteiger partial charge in [0, 0.05) is 13.5 Å². The van der Waals surface area contributed by atoms with Crippen molar-refractivity contribution < 1.29 is 13.5 Å². The molecule has 0 N–H and O–H groups in total. The summed E-state index contributed by atoms with van der Waals surface area (Å²) in [6.07, 6.45) is 14.4. The third-order valence-electron chi connectivity index (χ3n) is 7.31. The summed E-state index contributed by atoms with van der Waals surface area (Å²) >= 11 is 0. The van der Waals surface area contributed by atoms with Crippen molar-refractivity contribution in [1.82, 2.24) is 0 Å². The molecule has 0 atom stereocenters. The van der Waals surface area contributed by atoms with E-state index in [9.17, 15) is 8.78 Å². The molecule has 0 saturated heterocycles. The molecule has 0 aliphatic heterocycles. The van der Waals surface area contributed by atoms with Gasteiger partial charge in [-0.05, 0) is 86.2 Å². The maximum Gasteiger partial charge on any atom is 0.242 e. The summed E-state index contributed by atoms with van der Waals surface area (Å²) in [6.45, 7) is 0.696. The van der Waals surface area contributed by atoms with Crippen molar-refractivity contribution in [2.75, 3.05) is 7.11 Å². The van der Waals surface area contributed by atoms with Crippen LogP contribution in [0.5, 0.6) is 0 Å². The lowest BCUT2D eigenvalue weighted by atomic mass is 9.68. The number of alkyl halides is 2. The number of hydrogen-bond donors (Lipinski definition) is 0. The first-order valence-corrected chi connectivity index (χ1v) is 11.7. The van der Waals surface area contributed by atoms with Crippen LogP contribution in [-0.4, -0.2) is 13.5 Å². The highest BCUT2D eigenvalue weighted by atomic mass is 19.3. The third-order valence-corrected chi connectivity index (χ3v) is 7.31. The van der Waals surface area contributed by atoms with Crippen molar-refractivity contribution in [2.45, 2.75) is 89.6 Å². The van der Waals surface area contributed by atoms with Gasteiger partial charge in [0.1, 0.15) is 0 Å². The fraction of sp³-hybridized carbons (Fsp3) is 0.692. The molecule has 2 saturated carbocycles. The minimum absolute atomic E-state index is 0.0906. The van der Waals surface area contributed by atoms with E-state index in [-0.39, 0.29) is 6.42 Å². The Hall–Kier alpha value is -1.22. The van der Waals surface area contributed by atoms with Crippen LogP contribution < -0.4 is 0 Å². The molecule has 1 nitrogen and oxygen atoms in total. The first kappa shape index (κ1) is 22.5. The van der Waals surface area contributed by atoms with Crippen LogP contribution >= 0.6 is 0 Å². The number of hydrogen-bond acceptors (Lipinski definition) is 1. The summed E-state index contributed by atoms with van der Waals surface area (Å²) in [7, 11) is 1.75. The van der Waals surface area contributed by atoms with Crippen molar-refractivity contribution in [3.63, 3.8) is 0 Å². The molecule has 0 heterocycles. The predicted octanol–water partition coefficient (Wildman–Crippen LogP) is 7.90. The van der Waals surface area contributed by atoms with Crippen LogP contribution in [0, 0.1) is 17.8 Å². The first-order chi connectivity index (χ1) is 14.2. The average Bonchev–Trinajstić information content (AvgIpc) is 2.75. The monoisotopic (exact) mass is 404 g/mol. The van der Waals surface area contributed by atoms with Gasteiger partial charge in [-0.2, -0.15) is 0 Å². The molecule has 0 bridgehead atoms. The van der Waals surface area contributed by atoms with Crippen molar-refractivity contribution in [2.24, 2.45) is 17.8 Å². The molecule has 2 aliphatic rings. The van der Waals surface area contributed by atoms with Gasteiger partial charge in [-0.15, -0.1) is 0 Å². The van der Waals surface area contributed by atoms with Gasteiger partial charge in [0.2, 0.25) is 6.43 Å². The molecule has 0 amide bonds. The van der Waals surface area contributed by atoms with Crippen molar-refractivity contribution in [1.29, 1.82) is 0 Å². The summed E-state index contributed by atoms with van der Waals surface area (Å²) in [5, 5.41) is 0. The minimum atomic E-state index is -2.20. The average molecular weight is 405 g/mol. The standard InChI is InChI=1S/C26H38F2O/c1-29-19-21-9-13-23(14-10-21)25-17-15-24(16-18-25)22-11-7-20(8-12-22)5-3-2-4-6-26(27)28/h2,4,9-10,13-14,20,22,24-26H,3,5-8,11-12,15-19H2,1H3/b4-2+. The number of rotatable bonds is 9. The molecule has 0 spiro atoms. The number of halogens is 2. The molecule has 3 rings (SSSR count). The van der Waals surface area contributed by atoms with Crippen LogP contribution in [0.4, 0.5) is 8.78 Å². The second kappa shape index (κ2) is 11.8. The van der Waals surface area contributed by atoms with Gasteiger partial charge in [0.25, 0.3) is 0 Å².